The van der Waals surface area contributed by atoms with E-state index in [4.69, 9.17) is 0 Å². The van der Waals surface area contributed by atoms with Crippen LogP contribution in [-0.4, -0.2) is 11.0 Å². The maximum Gasteiger partial charge on any atom is -0.0184 e. The van der Waals surface area contributed by atoms with Crippen LogP contribution in [-0.2, 0) is 0 Å². The van der Waals surface area contributed by atoms with E-state index in [1.807, 2.05) is 12.1 Å². The standard InChI is InChI=1S/C12H10.2H2O/c1-3-7-11(8-4-1)12-9-5-2-6-10-12;;/h1-10H;2*1H2. The number of benzene rings is 2. The van der Waals surface area contributed by atoms with E-state index in [1.165, 1.54) is 11.1 Å². The molecule has 2 rings (SSSR count). The predicted molar refractivity (Wildman–Crippen MR) is 59.1 cm³/mol. The Bertz CT molecular complexity index is 306. The van der Waals surface area contributed by atoms with Gasteiger partial charge >= 0.3 is 0 Å². The van der Waals surface area contributed by atoms with Gasteiger partial charge in [0, 0.05) is 0 Å². The van der Waals surface area contributed by atoms with E-state index in [0.29, 0.717) is 0 Å². The summed E-state index contributed by atoms with van der Waals surface area (Å²) in [5, 5.41) is 0. The second kappa shape index (κ2) is 5.91. The number of hydrogen-bond acceptors (Lipinski definition) is 0. The third kappa shape index (κ3) is 2.69. The molecule has 0 saturated heterocycles. The lowest BCUT2D eigenvalue weighted by Crippen LogP contribution is -1.73. The van der Waals surface area contributed by atoms with E-state index < -0.39 is 0 Å². The predicted octanol–water partition coefficient (Wildman–Crippen LogP) is 1.70. The summed E-state index contributed by atoms with van der Waals surface area (Å²) in [4.78, 5) is 0. The van der Waals surface area contributed by atoms with Gasteiger partial charge in [-0.1, -0.05) is 60.7 Å². The van der Waals surface area contributed by atoms with Crippen molar-refractivity contribution in [1.82, 2.24) is 0 Å². The fourth-order valence-electron chi connectivity index (χ4n) is 1.26. The lowest BCUT2D eigenvalue weighted by molar-refractivity contribution is 0.823. The maximum atomic E-state index is 2.12. The molecule has 0 aliphatic heterocycles. The minimum Gasteiger partial charge on any atom is -0.412 e. The summed E-state index contributed by atoms with van der Waals surface area (Å²) in [5.41, 5.74) is 2.55. The SMILES string of the molecule is O.O.c1ccc(-c2ccccc2)cc1. The highest BCUT2D eigenvalue weighted by Crippen LogP contribution is 2.17. The van der Waals surface area contributed by atoms with Crippen LogP contribution in [0.25, 0.3) is 11.1 Å². The fraction of sp³-hybridized carbons (Fsp3) is 0. The van der Waals surface area contributed by atoms with Crippen molar-refractivity contribution >= 4 is 0 Å². The molecular weight excluding hydrogens is 176 g/mol. The molecule has 0 aromatic heterocycles. The summed E-state index contributed by atoms with van der Waals surface area (Å²) in [6.45, 7) is 0. The topological polar surface area (TPSA) is 63.0 Å². The van der Waals surface area contributed by atoms with Crippen LogP contribution in [0, 0.1) is 0 Å². The Kier molecular flexibility index (Phi) is 5.22. The molecule has 74 valence electrons. The van der Waals surface area contributed by atoms with Gasteiger partial charge in [0.2, 0.25) is 0 Å². The molecule has 2 heteroatoms. The quantitative estimate of drug-likeness (QED) is 0.657. The molecule has 0 heterocycles. The Morgan fingerprint density at radius 2 is 0.714 bits per heavy atom. The molecule has 2 aromatic rings. The van der Waals surface area contributed by atoms with Gasteiger partial charge in [-0.25, -0.2) is 0 Å². The minimum absolute atomic E-state index is 0. The molecule has 0 spiro atoms. The fourth-order valence-corrected chi connectivity index (χ4v) is 1.26. The van der Waals surface area contributed by atoms with Crippen LogP contribution in [0.15, 0.2) is 60.7 Å². The smallest absolute Gasteiger partial charge is 0.0184 e. The summed E-state index contributed by atoms with van der Waals surface area (Å²) in [6.07, 6.45) is 0. The molecule has 4 N–H and O–H groups in total. The van der Waals surface area contributed by atoms with Crippen molar-refractivity contribution in [3.8, 4) is 11.1 Å². The first kappa shape index (κ1) is 12.4. The number of rotatable bonds is 1. The minimum atomic E-state index is 0. The second-order valence-electron chi connectivity index (χ2n) is 2.73. The molecule has 0 saturated carbocycles. The average Bonchev–Trinajstić information content (AvgIpc) is 2.21. The van der Waals surface area contributed by atoms with Gasteiger partial charge in [0.05, 0.1) is 0 Å². The zero-order valence-electron chi connectivity index (χ0n) is 7.77. The zero-order chi connectivity index (χ0) is 8.23. The third-order valence-corrected chi connectivity index (χ3v) is 1.88. The lowest BCUT2D eigenvalue weighted by atomic mass is 10.1. The molecule has 0 amide bonds. The molecule has 2 nitrogen and oxygen atoms in total. The van der Waals surface area contributed by atoms with Crippen LogP contribution in [0.1, 0.15) is 0 Å². The monoisotopic (exact) mass is 190 g/mol. The Balaban J connectivity index is 0.000000845. The van der Waals surface area contributed by atoms with Gasteiger partial charge in [-0.3, -0.25) is 0 Å². The molecular formula is C12H14O2. The summed E-state index contributed by atoms with van der Waals surface area (Å²) in [5.74, 6) is 0. The van der Waals surface area contributed by atoms with Crippen molar-refractivity contribution in [2.45, 2.75) is 0 Å². The Labute approximate surface area is 83.5 Å². The highest BCUT2D eigenvalue weighted by molar-refractivity contribution is 5.62. The molecule has 0 atom stereocenters. The first-order chi connectivity index (χ1) is 5.97. The summed E-state index contributed by atoms with van der Waals surface area (Å²) >= 11 is 0. The van der Waals surface area contributed by atoms with E-state index >= 15 is 0 Å². The lowest BCUT2D eigenvalue weighted by Gasteiger charge is -1.98. The Morgan fingerprint density at radius 1 is 0.429 bits per heavy atom. The van der Waals surface area contributed by atoms with Gasteiger partial charge < -0.3 is 11.0 Å². The van der Waals surface area contributed by atoms with Crippen LogP contribution in [0.2, 0.25) is 0 Å². The van der Waals surface area contributed by atoms with Crippen molar-refractivity contribution in [1.29, 1.82) is 0 Å². The van der Waals surface area contributed by atoms with Crippen LogP contribution in [0.3, 0.4) is 0 Å². The highest BCUT2D eigenvalue weighted by Gasteiger charge is 1.91. The zero-order valence-corrected chi connectivity index (χ0v) is 7.77. The summed E-state index contributed by atoms with van der Waals surface area (Å²) < 4.78 is 0. The van der Waals surface area contributed by atoms with Gasteiger partial charge in [-0.2, -0.15) is 0 Å². The Morgan fingerprint density at radius 3 is 1.00 bits per heavy atom. The van der Waals surface area contributed by atoms with Crippen LogP contribution in [0.4, 0.5) is 0 Å². The van der Waals surface area contributed by atoms with Crippen molar-refractivity contribution in [3.63, 3.8) is 0 Å². The largest absolute Gasteiger partial charge is 0.412 e. The first-order valence-electron chi connectivity index (χ1n) is 4.07. The van der Waals surface area contributed by atoms with Crippen molar-refractivity contribution in [3.05, 3.63) is 60.7 Å². The summed E-state index contributed by atoms with van der Waals surface area (Å²) in [6, 6.07) is 20.8. The molecule has 14 heavy (non-hydrogen) atoms. The van der Waals surface area contributed by atoms with Crippen molar-refractivity contribution < 1.29 is 11.0 Å². The van der Waals surface area contributed by atoms with Crippen molar-refractivity contribution in [2.75, 3.05) is 0 Å². The van der Waals surface area contributed by atoms with Gasteiger partial charge in [-0.15, -0.1) is 0 Å². The van der Waals surface area contributed by atoms with Gasteiger partial charge in [0.1, 0.15) is 0 Å². The first-order valence-corrected chi connectivity index (χ1v) is 4.07. The van der Waals surface area contributed by atoms with Gasteiger partial charge in [-0.05, 0) is 11.1 Å². The third-order valence-electron chi connectivity index (χ3n) is 1.88. The van der Waals surface area contributed by atoms with Crippen LogP contribution < -0.4 is 0 Å². The van der Waals surface area contributed by atoms with Gasteiger partial charge in [0.25, 0.3) is 0 Å². The van der Waals surface area contributed by atoms with E-state index in [0.717, 1.165) is 0 Å². The Hall–Kier alpha value is -1.64. The molecule has 0 radical (unpaired) electrons. The molecule has 0 aliphatic rings. The van der Waals surface area contributed by atoms with Gasteiger partial charge in [0.15, 0.2) is 0 Å². The molecule has 2 aromatic carbocycles. The maximum absolute atomic E-state index is 2.12. The van der Waals surface area contributed by atoms with E-state index in [1.54, 1.807) is 0 Å². The molecule has 0 unspecified atom stereocenters. The van der Waals surface area contributed by atoms with Crippen molar-refractivity contribution in [2.24, 2.45) is 0 Å². The highest BCUT2D eigenvalue weighted by atomic mass is 16.0. The molecule has 0 aliphatic carbocycles. The summed E-state index contributed by atoms with van der Waals surface area (Å²) in [7, 11) is 0. The molecule has 0 bridgehead atoms. The van der Waals surface area contributed by atoms with Crippen LogP contribution in [0.5, 0.6) is 0 Å². The average molecular weight is 190 g/mol. The number of hydrogen-bond donors (Lipinski definition) is 0. The van der Waals surface area contributed by atoms with E-state index in [9.17, 15) is 0 Å². The second-order valence-corrected chi connectivity index (χ2v) is 2.73. The van der Waals surface area contributed by atoms with Crippen LogP contribution >= 0.6 is 0 Å². The van der Waals surface area contributed by atoms with E-state index in [2.05, 4.69) is 48.5 Å². The normalized spacial score (nSPS) is 8.29. The van der Waals surface area contributed by atoms with E-state index in [-0.39, 0.29) is 11.0 Å². The molecule has 0 fully saturated rings.